The Hall–Kier alpha value is -1.40. The molecule has 2 rings (SSSR count). The Bertz CT molecular complexity index is 488. The maximum Gasteiger partial charge on any atom is 0.173 e. The van der Waals surface area contributed by atoms with Gasteiger partial charge in [0, 0.05) is 6.54 Å². The van der Waals surface area contributed by atoms with Gasteiger partial charge < -0.3 is 21.0 Å². The van der Waals surface area contributed by atoms with Gasteiger partial charge in [-0.25, -0.2) is 0 Å². The van der Waals surface area contributed by atoms with E-state index in [0.717, 1.165) is 24.6 Å². The molecular weight excluding hydrogens is 286 g/mol. The molecule has 21 heavy (non-hydrogen) atoms. The van der Waals surface area contributed by atoms with Crippen molar-refractivity contribution < 1.29 is 9.94 Å². The molecule has 0 spiro atoms. The summed E-state index contributed by atoms with van der Waals surface area (Å²) in [5.74, 6) is 4.05. The van der Waals surface area contributed by atoms with Crippen molar-refractivity contribution in [1.29, 1.82) is 0 Å². The molecule has 1 fully saturated rings. The van der Waals surface area contributed by atoms with Gasteiger partial charge in [-0.2, -0.15) is 11.8 Å². The Kier molecular flexibility index (Phi) is 6.20. The van der Waals surface area contributed by atoms with Crippen LogP contribution in [0.25, 0.3) is 0 Å². The largest absolute Gasteiger partial charge is 0.496 e. The zero-order chi connectivity index (χ0) is 15.1. The summed E-state index contributed by atoms with van der Waals surface area (Å²) >= 11 is 2.05. The summed E-state index contributed by atoms with van der Waals surface area (Å²) < 4.78 is 5.30. The molecular formula is C15H23N3O2S. The molecule has 1 aliphatic rings. The predicted octanol–water partition coefficient (Wildman–Crippen LogP) is 2.02. The van der Waals surface area contributed by atoms with Gasteiger partial charge in [0.25, 0.3) is 0 Å². The molecule has 0 aromatic heterocycles. The number of benzene rings is 1. The predicted molar refractivity (Wildman–Crippen MR) is 87.3 cm³/mol. The minimum absolute atomic E-state index is 0.0612. The SMILES string of the molecule is COc1cc(CNCC2CCSCC2)ccc1/C(N)=N/O. The third-order valence-corrected chi connectivity index (χ3v) is 4.80. The Morgan fingerprint density at radius 2 is 2.24 bits per heavy atom. The molecule has 0 radical (unpaired) electrons. The van der Waals surface area contributed by atoms with E-state index in [9.17, 15) is 0 Å². The van der Waals surface area contributed by atoms with Crippen LogP contribution in [0.3, 0.4) is 0 Å². The van der Waals surface area contributed by atoms with Crippen LogP contribution in [0.1, 0.15) is 24.0 Å². The molecule has 0 amide bonds. The fourth-order valence-electron chi connectivity index (χ4n) is 2.48. The standard InChI is InChI=1S/C15H23N3O2S/c1-20-14-8-12(2-3-13(14)15(16)18-19)10-17-9-11-4-6-21-7-5-11/h2-3,8,11,17,19H,4-7,9-10H2,1H3,(H2,16,18). The van der Waals surface area contributed by atoms with Crippen molar-refractivity contribution in [3.8, 4) is 5.75 Å². The summed E-state index contributed by atoms with van der Waals surface area (Å²) in [6.07, 6.45) is 2.62. The number of oxime groups is 1. The topological polar surface area (TPSA) is 79.9 Å². The first-order valence-electron chi connectivity index (χ1n) is 7.18. The van der Waals surface area contributed by atoms with Crippen LogP contribution in [0, 0.1) is 5.92 Å². The Morgan fingerprint density at radius 3 is 2.90 bits per heavy atom. The highest BCUT2D eigenvalue weighted by Crippen LogP contribution is 2.23. The van der Waals surface area contributed by atoms with Gasteiger partial charge in [0.1, 0.15) is 5.75 Å². The van der Waals surface area contributed by atoms with E-state index in [4.69, 9.17) is 15.7 Å². The quantitative estimate of drug-likeness (QED) is 0.324. The summed E-state index contributed by atoms with van der Waals surface area (Å²) in [7, 11) is 1.58. The molecule has 1 aromatic carbocycles. The molecule has 0 unspecified atom stereocenters. The number of nitrogens with one attached hydrogen (secondary N) is 1. The maximum atomic E-state index is 8.76. The molecule has 0 aliphatic carbocycles. The van der Waals surface area contributed by atoms with Gasteiger partial charge in [-0.15, -0.1) is 0 Å². The summed E-state index contributed by atoms with van der Waals surface area (Å²) in [4.78, 5) is 0. The number of ether oxygens (including phenoxy) is 1. The van der Waals surface area contributed by atoms with Crippen molar-refractivity contribution in [2.75, 3.05) is 25.2 Å². The van der Waals surface area contributed by atoms with Crippen molar-refractivity contribution >= 4 is 17.6 Å². The first-order chi connectivity index (χ1) is 10.2. The molecule has 116 valence electrons. The van der Waals surface area contributed by atoms with Gasteiger partial charge in [-0.3, -0.25) is 0 Å². The fraction of sp³-hybridized carbons (Fsp3) is 0.533. The molecule has 0 bridgehead atoms. The smallest absolute Gasteiger partial charge is 0.173 e. The van der Waals surface area contributed by atoms with E-state index in [1.807, 2.05) is 18.2 Å². The average molecular weight is 309 g/mol. The van der Waals surface area contributed by atoms with Crippen LogP contribution in [-0.4, -0.2) is 36.2 Å². The van der Waals surface area contributed by atoms with Crippen molar-refractivity contribution in [3.63, 3.8) is 0 Å². The van der Waals surface area contributed by atoms with Crippen LogP contribution in [0.5, 0.6) is 5.75 Å². The van der Waals surface area contributed by atoms with E-state index < -0.39 is 0 Å². The number of methoxy groups -OCH3 is 1. The monoisotopic (exact) mass is 309 g/mol. The minimum Gasteiger partial charge on any atom is -0.496 e. The summed E-state index contributed by atoms with van der Waals surface area (Å²) in [5, 5.41) is 15.3. The second-order valence-electron chi connectivity index (χ2n) is 5.21. The van der Waals surface area contributed by atoms with Crippen LogP contribution in [0.15, 0.2) is 23.4 Å². The third kappa shape index (κ3) is 4.54. The van der Waals surface area contributed by atoms with Crippen LogP contribution in [-0.2, 0) is 6.54 Å². The second kappa shape index (κ2) is 8.14. The number of hydrogen-bond donors (Lipinski definition) is 3. The van der Waals surface area contributed by atoms with E-state index in [-0.39, 0.29) is 5.84 Å². The highest BCUT2D eigenvalue weighted by molar-refractivity contribution is 7.99. The molecule has 1 aliphatic heterocycles. The average Bonchev–Trinajstić information content (AvgIpc) is 2.55. The second-order valence-corrected chi connectivity index (χ2v) is 6.43. The van der Waals surface area contributed by atoms with Gasteiger partial charge in [0.2, 0.25) is 0 Å². The van der Waals surface area contributed by atoms with Gasteiger partial charge in [-0.1, -0.05) is 11.2 Å². The number of rotatable bonds is 6. The third-order valence-electron chi connectivity index (χ3n) is 3.75. The van der Waals surface area contributed by atoms with Gasteiger partial charge in [0.15, 0.2) is 5.84 Å². The van der Waals surface area contributed by atoms with Crippen molar-refractivity contribution in [2.24, 2.45) is 16.8 Å². The molecule has 6 heteroatoms. The van der Waals surface area contributed by atoms with E-state index in [1.165, 1.54) is 24.3 Å². The van der Waals surface area contributed by atoms with E-state index >= 15 is 0 Å². The molecule has 5 nitrogen and oxygen atoms in total. The normalized spacial score (nSPS) is 16.9. The zero-order valence-electron chi connectivity index (χ0n) is 12.3. The van der Waals surface area contributed by atoms with Crippen molar-refractivity contribution in [3.05, 3.63) is 29.3 Å². The van der Waals surface area contributed by atoms with E-state index in [1.54, 1.807) is 7.11 Å². The van der Waals surface area contributed by atoms with Crippen LogP contribution in [0.4, 0.5) is 0 Å². The van der Waals surface area contributed by atoms with E-state index in [0.29, 0.717) is 11.3 Å². The lowest BCUT2D eigenvalue weighted by Crippen LogP contribution is -2.25. The number of nitrogens with zero attached hydrogens (tertiary/aromatic N) is 1. The Morgan fingerprint density at radius 1 is 1.48 bits per heavy atom. The number of amidine groups is 1. The van der Waals surface area contributed by atoms with Crippen molar-refractivity contribution in [1.82, 2.24) is 5.32 Å². The summed E-state index contributed by atoms with van der Waals surface area (Å²) in [5.41, 5.74) is 7.36. The first kappa shape index (κ1) is 16.0. The van der Waals surface area contributed by atoms with Gasteiger partial charge in [0.05, 0.1) is 12.7 Å². The molecule has 1 saturated heterocycles. The molecule has 1 aromatic rings. The summed E-state index contributed by atoms with van der Waals surface area (Å²) in [6.45, 7) is 1.86. The summed E-state index contributed by atoms with van der Waals surface area (Å²) in [6, 6.07) is 5.72. The first-order valence-corrected chi connectivity index (χ1v) is 8.33. The lowest BCUT2D eigenvalue weighted by Gasteiger charge is -2.21. The Labute approximate surface area is 129 Å². The highest BCUT2D eigenvalue weighted by atomic mass is 32.2. The molecule has 1 heterocycles. The van der Waals surface area contributed by atoms with Crippen LogP contribution >= 0.6 is 11.8 Å². The van der Waals surface area contributed by atoms with Crippen LogP contribution < -0.4 is 15.8 Å². The lowest BCUT2D eigenvalue weighted by atomic mass is 10.0. The lowest BCUT2D eigenvalue weighted by molar-refractivity contribution is 0.318. The van der Waals surface area contributed by atoms with E-state index in [2.05, 4.69) is 22.2 Å². The maximum absolute atomic E-state index is 8.76. The zero-order valence-corrected chi connectivity index (χ0v) is 13.2. The van der Waals surface area contributed by atoms with Crippen LogP contribution in [0.2, 0.25) is 0 Å². The molecule has 4 N–H and O–H groups in total. The van der Waals surface area contributed by atoms with Gasteiger partial charge in [-0.05, 0) is 54.5 Å². The number of thioether (sulfide) groups is 1. The number of hydrogen-bond acceptors (Lipinski definition) is 5. The van der Waals surface area contributed by atoms with Gasteiger partial charge >= 0.3 is 0 Å². The number of nitrogens with two attached hydrogens (primary N) is 1. The Balaban J connectivity index is 1.91. The van der Waals surface area contributed by atoms with Crippen molar-refractivity contribution in [2.45, 2.75) is 19.4 Å². The minimum atomic E-state index is 0.0612. The fourth-order valence-corrected chi connectivity index (χ4v) is 3.69. The molecule has 0 atom stereocenters. The molecule has 0 saturated carbocycles. The highest BCUT2D eigenvalue weighted by Gasteiger charge is 2.13.